The highest BCUT2D eigenvalue weighted by Gasteiger charge is 2.23. The van der Waals surface area contributed by atoms with Gasteiger partial charge in [0.05, 0.1) is 0 Å². The molecule has 0 spiro atoms. The van der Waals surface area contributed by atoms with Gasteiger partial charge in [-0.1, -0.05) is 0 Å². The van der Waals surface area contributed by atoms with E-state index in [1.165, 1.54) is 18.9 Å². The van der Waals surface area contributed by atoms with E-state index in [2.05, 4.69) is 0 Å². The number of hydrogen-bond acceptors (Lipinski definition) is 3. The first-order valence-corrected chi connectivity index (χ1v) is 3.88. The quantitative estimate of drug-likeness (QED) is 0.470. The lowest BCUT2D eigenvalue weighted by Crippen LogP contribution is -2.20. The van der Waals surface area contributed by atoms with Gasteiger partial charge in [0.25, 0.3) is 5.91 Å². The van der Waals surface area contributed by atoms with Gasteiger partial charge >= 0.3 is 0 Å². The van der Waals surface area contributed by atoms with Gasteiger partial charge in [0.1, 0.15) is 0 Å². The van der Waals surface area contributed by atoms with Crippen molar-refractivity contribution in [2.75, 3.05) is 7.05 Å². The Morgan fingerprint density at radius 2 is 2.25 bits per heavy atom. The van der Waals surface area contributed by atoms with E-state index in [9.17, 15) is 9.59 Å². The topological polar surface area (TPSA) is 49.4 Å². The Bertz CT molecular complexity index is 209. The predicted molar refractivity (Wildman–Crippen MR) is 44.1 cm³/mol. The second-order valence-corrected chi connectivity index (χ2v) is 2.84. The summed E-state index contributed by atoms with van der Waals surface area (Å²) in [6, 6.07) is 0.588. The first-order valence-electron chi connectivity index (χ1n) is 3.88. The number of carbonyl (C=O) groups excluding carboxylic acids is 2. The smallest absolute Gasteiger partial charge is 0.251 e. The highest BCUT2D eigenvalue weighted by Crippen LogP contribution is 2.25. The summed E-state index contributed by atoms with van der Waals surface area (Å²) in [5.41, 5.74) is 0. The molecule has 0 unspecified atom stereocenters. The van der Waals surface area contributed by atoms with E-state index in [0.29, 0.717) is 12.5 Å². The highest BCUT2D eigenvalue weighted by molar-refractivity contribution is 5.94. The molecular weight excluding hydrogens is 156 g/mol. The number of nitrogens with one attached hydrogen (secondary N) is 1. The summed E-state index contributed by atoms with van der Waals surface area (Å²) in [7, 11) is 1.92. The van der Waals surface area contributed by atoms with Gasteiger partial charge in [0, 0.05) is 25.4 Å². The number of hydrogen-bond donors (Lipinski definition) is 1. The van der Waals surface area contributed by atoms with Crippen molar-refractivity contribution in [1.29, 1.82) is 0 Å². The van der Waals surface area contributed by atoms with Crippen molar-refractivity contribution >= 4 is 12.3 Å². The van der Waals surface area contributed by atoms with Gasteiger partial charge in [-0.3, -0.25) is 14.9 Å². The summed E-state index contributed by atoms with van der Waals surface area (Å²) in [5, 5.41) is 2.03. The second kappa shape index (κ2) is 3.90. The molecule has 0 aliphatic heterocycles. The molecule has 12 heavy (non-hydrogen) atoms. The third-order valence-electron chi connectivity index (χ3n) is 1.79. The second-order valence-electron chi connectivity index (χ2n) is 2.84. The molecule has 0 aromatic rings. The summed E-state index contributed by atoms with van der Waals surface area (Å²) >= 11 is 0. The molecular formula is C8H12N2O2. The van der Waals surface area contributed by atoms with Gasteiger partial charge in [-0.15, -0.1) is 0 Å². The Balaban J connectivity index is 2.26. The Hall–Kier alpha value is -1.32. The summed E-state index contributed by atoms with van der Waals surface area (Å²) in [5.74, 6) is -0.377. The van der Waals surface area contributed by atoms with Crippen LogP contribution in [-0.4, -0.2) is 30.3 Å². The molecule has 66 valence electrons. The van der Waals surface area contributed by atoms with E-state index < -0.39 is 0 Å². The average molecular weight is 168 g/mol. The van der Waals surface area contributed by atoms with Gasteiger partial charge in [0.15, 0.2) is 0 Å². The number of rotatable bonds is 4. The lowest BCUT2D eigenvalue weighted by atomic mass is 10.5. The van der Waals surface area contributed by atoms with E-state index in [-0.39, 0.29) is 5.91 Å². The van der Waals surface area contributed by atoms with Crippen molar-refractivity contribution < 1.29 is 9.59 Å². The Morgan fingerprint density at radius 3 is 2.75 bits per heavy atom. The van der Waals surface area contributed by atoms with Gasteiger partial charge < -0.3 is 4.90 Å². The predicted octanol–water partition coefficient (Wildman–Crippen LogP) is -0.133. The molecule has 1 N–H and O–H groups in total. The van der Waals surface area contributed by atoms with E-state index in [0.717, 1.165) is 0 Å². The molecule has 1 fully saturated rings. The van der Waals surface area contributed by atoms with E-state index in [1.807, 2.05) is 17.3 Å². The molecule has 4 heteroatoms. The fourth-order valence-electron chi connectivity index (χ4n) is 0.895. The molecule has 0 bridgehead atoms. The largest absolute Gasteiger partial charge is 0.377 e. The zero-order valence-corrected chi connectivity index (χ0v) is 6.99. The van der Waals surface area contributed by atoms with Gasteiger partial charge in [0.2, 0.25) is 6.41 Å². The molecule has 0 saturated heterocycles. The van der Waals surface area contributed by atoms with Gasteiger partial charge in [-0.25, -0.2) is 0 Å². The molecule has 1 aliphatic carbocycles. The number of imide groups is 1. The summed E-state index contributed by atoms with van der Waals surface area (Å²) < 4.78 is 0. The fraction of sp³-hybridized carbons (Fsp3) is 0.500. The molecule has 1 rings (SSSR count). The molecule has 0 radical (unpaired) electrons. The van der Waals surface area contributed by atoms with E-state index >= 15 is 0 Å². The van der Waals surface area contributed by atoms with Crippen LogP contribution in [0.15, 0.2) is 12.3 Å². The SMILES string of the molecule is CN(/C=C\C(=O)NC=O)C1CC1. The van der Waals surface area contributed by atoms with Crippen LogP contribution in [0.3, 0.4) is 0 Å². The van der Waals surface area contributed by atoms with Crippen molar-refractivity contribution in [3.05, 3.63) is 12.3 Å². The average Bonchev–Trinajstić information content (AvgIpc) is 2.83. The molecule has 1 saturated carbocycles. The van der Waals surface area contributed by atoms with Crippen LogP contribution in [0.5, 0.6) is 0 Å². The number of nitrogens with zero attached hydrogens (tertiary/aromatic N) is 1. The van der Waals surface area contributed by atoms with E-state index in [4.69, 9.17) is 0 Å². The Kier molecular flexibility index (Phi) is 2.85. The molecule has 0 aromatic carbocycles. The molecule has 2 amide bonds. The Morgan fingerprint density at radius 1 is 1.58 bits per heavy atom. The van der Waals surface area contributed by atoms with Crippen LogP contribution in [0.2, 0.25) is 0 Å². The molecule has 0 aromatic heterocycles. The fourth-order valence-corrected chi connectivity index (χ4v) is 0.895. The van der Waals surface area contributed by atoms with Gasteiger partial charge in [-0.05, 0) is 12.8 Å². The summed E-state index contributed by atoms with van der Waals surface area (Å²) in [6.07, 6.45) is 5.80. The van der Waals surface area contributed by atoms with Gasteiger partial charge in [-0.2, -0.15) is 0 Å². The van der Waals surface area contributed by atoms with Crippen LogP contribution in [0.25, 0.3) is 0 Å². The van der Waals surface area contributed by atoms with Crippen LogP contribution in [0.1, 0.15) is 12.8 Å². The molecule has 0 atom stereocenters. The summed E-state index contributed by atoms with van der Waals surface area (Å²) in [4.78, 5) is 22.5. The van der Waals surface area contributed by atoms with Crippen LogP contribution in [0.4, 0.5) is 0 Å². The van der Waals surface area contributed by atoms with E-state index in [1.54, 1.807) is 6.20 Å². The first-order chi connectivity index (χ1) is 5.74. The normalized spacial score (nSPS) is 16.1. The number of carbonyl (C=O) groups is 2. The Labute approximate surface area is 71.2 Å². The standard InChI is InChI=1S/C8H12N2O2/c1-10(7-2-3-7)5-4-8(12)9-6-11/h4-7H,2-3H2,1H3,(H,9,11,12)/b5-4-. The zero-order valence-electron chi connectivity index (χ0n) is 6.99. The lowest BCUT2D eigenvalue weighted by molar-refractivity contribution is -0.121. The maximum absolute atomic E-state index is 10.7. The van der Waals surface area contributed by atoms with Crippen molar-refractivity contribution in [2.45, 2.75) is 18.9 Å². The van der Waals surface area contributed by atoms with Crippen LogP contribution < -0.4 is 5.32 Å². The minimum atomic E-state index is -0.377. The zero-order chi connectivity index (χ0) is 8.97. The first kappa shape index (κ1) is 8.77. The minimum absolute atomic E-state index is 0.377. The maximum atomic E-state index is 10.7. The van der Waals surface area contributed by atoms with Crippen molar-refractivity contribution in [2.24, 2.45) is 0 Å². The van der Waals surface area contributed by atoms with Crippen molar-refractivity contribution in [3.63, 3.8) is 0 Å². The third-order valence-corrected chi connectivity index (χ3v) is 1.79. The number of amides is 2. The van der Waals surface area contributed by atoms with Crippen molar-refractivity contribution in [3.8, 4) is 0 Å². The minimum Gasteiger partial charge on any atom is -0.377 e. The summed E-state index contributed by atoms with van der Waals surface area (Å²) in [6.45, 7) is 0. The molecule has 4 nitrogen and oxygen atoms in total. The van der Waals surface area contributed by atoms with Crippen LogP contribution >= 0.6 is 0 Å². The maximum Gasteiger partial charge on any atom is 0.251 e. The third kappa shape index (κ3) is 2.74. The van der Waals surface area contributed by atoms with Crippen LogP contribution in [-0.2, 0) is 9.59 Å². The highest BCUT2D eigenvalue weighted by atomic mass is 16.2. The lowest BCUT2D eigenvalue weighted by Gasteiger charge is -2.10. The monoisotopic (exact) mass is 168 g/mol. The molecule has 1 aliphatic rings. The van der Waals surface area contributed by atoms with Crippen molar-refractivity contribution in [1.82, 2.24) is 10.2 Å². The molecule has 0 heterocycles. The van der Waals surface area contributed by atoms with Crippen LogP contribution in [0, 0.1) is 0 Å².